The van der Waals surface area contributed by atoms with E-state index in [-0.39, 0.29) is 5.91 Å². The van der Waals surface area contributed by atoms with Crippen LogP contribution in [0.3, 0.4) is 0 Å². The highest BCUT2D eigenvalue weighted by molar-refractivity contribution is 6.35. The van der Waals surface area contributed by atoms with Gasteiger partial charge in [-0.3, -0.25) is 4.79 Å². The number of carbonyl (C=O) groups is 1. The number of carbonyl (C=O) groups excluding carboxylic acids is 1. The van der Waals surface area contributed by atoms with Gasteiger partial charge in [0, 0.05) is 5.02 Å². The highest BCUT2D eigenvalue weighted by Crippen LogP contribution is 2.26. The van der Waals surface area contributed by atoms with Gasteiger partial charge in [0.1, 0.15) is 5.75 Å². The number of benzene rings is 2. The zero-order valence-electron chi connectivity index (χ0n) is 12.4. The van der Waals surface area contributed by atoms with Crippen molar-refractivity contribution < 1.29 is 9.53 Å². The van der Waals surface area contributed by atoms with Crippen molar-refractivity contribution in [3.63, 3.8) is 0 Å². The second-order valence-corrected chi connectivity index (χ2v) is 5.68. The van der Waals surface area contributed by atoms with Gasteiger partial charge in [-0.1, -0.05) is 48.3 Å². The average molecular weight is 338 g/mol. The second-order valence-electron chi connectivity index (χ2n) is 4.83. The van der Waals surface area contributed by atoms with Gasteiger partial charge >= 0.3 is 0 Å². The van der Waals surface area contributed by atoms with Crippen LogP contribution in [0, 0.1) is 0 Å². The van der Waals surface area contributed by atoms with Crippen LogP contribution in [-0.2, 0) is 11.2 Å². The Bertz CT molecular complexity index is 673. The molecule has 2 aromatic carbocycles. The number of aryl methyl sites for hydroxylation is 1. The lowest BCUT2D eigenvalue weighted by molar-refractivity contribution is -0.122. The first-order chi connectivity index (χ1) is 10.5. The molecule has 0 aliphatic heterocycles. The molecule has 0 aliphatic carbocycles. The lowest BCUT2D eigenvalue weighted by Gasteiger charge is -2.17. The van der Waals surface area contributed by atoms with Crippen molar-refractivity contribution in [2.24, 2.45) is 0 Å². The highest BCUT2D eigenvalue weighted by Gasteiger charge is 2.17. The van der Waals surface area contributed by atoms with Gasteiger partial charge in [-0.15, -0.1) is 0 Å². The maximum atomic E-state index is 12.2. The van der Waals surface area contributed by atoms with Crippen molar-refractivity contribution in [1.29, 1.82) is 0 Å². The van der Waals surface area contributed by atoms with E-state index in [1.54, 1.807) is 25.1 Å². The third kappa shape index (κ3) is 4.15. The Balaban J connectivity index is 2.07. The molecule has 1 atom stereocenters. The first kappa shape index (κ1) is 16.7. The summed E-state index contributed by atoms with van der Waals surface area (Å²) in [5.41, 5.74) is 1.53. The highest BCUT2D eigenvalue weighted by atomic mass is 35.5. The first-order valence-electron chi connectivity index (χ1n) is 7.01. The van der Waals surface area contributed by atoms with E-state index in [1.807, 2.05) is 31.2 Å². The van der Waals surface area contributed by atoms with Crippen molar-refractivity contribution in [2.45, 2.75) is 26.4 Å². The van der Waals surface area contributed by atoms with E-state index in [0.717, 1.165) is 12.0 Å². The third-order valence-electron chi connectivity index (χ3n) is 3.21. The quantitative estimate of drug-likeness (QED) is 0.837. The summed E-state index contributed by atoms with van der Waals surface area (Å²) >= 11 is 11.9. The minimum atomic E-state index is -0.650. The maximum Gasteiger partial charge on any atom is 0.265 e. The van der Waals surface area contributed by atoms with Crippen LogP contribution in [0.5, 0.6) is 5.75 Å². The van der Waals surface area contributed by atoms with Gasteiger partial charge in [0.2, 0.25) is 0 Å². The predicted molar refractivity (Wildman–Crippen MR) is 91.0 cm³/mol. The van der Waals surface area contributed by atoms with E-state index in [9.17, 15) is 4.79 Å². The van der Waals surface area contributed by atoms with E-state index >= 15 is 0 Å². The molecule has 0 saturated carbocycles. The summed E-state index contributed by atoms with van der Waals surface area (Å²) < 4.78 is 5.75. The lowest BCUT2D eigenvalue weighted by Crippen LogP contribution is -2.30. The normalized spacial score (nSPS) is 11.8. The second kappa shape index (κ2) is 7.52. The molecule has 0 aliphatic rings. The molecule has 0 bridgehead atoms. The standard InChI is InChI=1S/C17H17Cl2NO2/c1-3-12-6-4-5-7-16(12)22-11(2)17(21)20-15-10-13(18)8-9-14(15)19/h4-11H,3H2,1-2H3,(H,20,21)/t11-/m1/s1. The predicted octanol–water partition coefficient (Wildman–Crippen LogP) is 4.96. The van der Waals surface area contributed by atoms with Gasteiger partial charge in [-0.05, 0) is 43.2 Å². The minimum absolute atomic E-state index is 0.282. The van der Waals surface area contributed by atoms with Crippen LogP contribution >= 0.6 is 23.2 Å². The van der Waals surface area contributed by atoms with E-state index in [4.69, 9.17) is 27.9 Å². The minimum Gasteiger partial charge on any atom is -0.481 e. The molecule has 1 N–H and O–H groups in total. The molecule has 22 heavy (non-hydrogen) atoms. The third-order valence-corrected chi connectivity index (χ3v) is 3.78. The summed E-state index contributed by atoms with van der Waals surface area (Å²) in [6, 6.07) is 12.6. The number of hydrogen-bond donors (Lipinski definition) is 1. The molecule has 2 rings (SSSR count). The molecule has 1 amide bonds. The Kier molecular flexibility index (Phi) is 5.69. The van der Waals surface area contributed by atoms with Crippen LogP contribution in [0.15, 0.2) is 42.5 Å². The lowest BCUT2D eigenvalue weighted by atomic mass is 10.1. The molecule has 0 radical (unpaired) electrons. The summed E-state index contributed by atoms with van der Waals surface area (Å²) in [5, 5.41) is 3.66. The number of nitrogens with one attached hydrogen (secondary N) is 1. The number of amides is 1. The van der Waals surface area contributed by atoms with Gasteiger partial charge < -0.3 is 10.1 Å². The van der Waals surface area contributed by atoms with Gasteiger partial charge in [0.15, 0.2) is 6.10 Å². The zero-order valence-corrected chi connectivity index (χ0v) is 13.9. The summed E-state index contributed by atoms with van der Waals surface area (Å²) in [7, 11) is 0. The van der Waals surface area contributed by atoms with Crippen LogP contribution in [0.25, 0.3) is 0 Å². The number of halogens is 2. The van der Waals surface area contributed by atoms with Gasteiger partial charge in [-0.2, -0.15) is 0 Å². The monoisotopic (exact) mass is 337 g/mol. The Morgan fingerprint density at radius 3 is 2.68 bits per heavy atom. The molecule has 0 spiro atoms. The maximum absolute atomic E-state index is 12.2. The fourth-order valence-corrected chi connectivity index (χ4v) is 2.32. The van der Waals surface area contributed by atoms with Crippen molar-refractivity contribution in [2.75, 3.05) is 5.32 Å². The number of rotatable bonds is 5. The largest absolute Gasteiger partial charge is 0.481 e. The molecule has 5 heteroatoms. The average Bonchev–Trinajstić information content (AvgIpc) is 2.51. The zero-order chi connectivity index (χ0) is 16.1. The smallest absolute Gasteiger partial charge is 0.265 e. The van der Waals surface area contributed by atoms with E-state index < -0.39 is 6.10 Å². The number of ether oxygens (including phenoxy) is 1. The molecule has 0 fully saturated rings. The van der Waals surface area contributed by atoms with Crippen molar-refractivity contribution in [3.05, 3.63) is 58.1 Å². The van der Waals surface area contributed by atoms with E-state index in [1.165, 1.54) is 0 Å². The summed E-state index contributed by atoms with van der Waals surface area (Å²) in [6.45, 7) is 3.74. The van der Waals surface area contributed by atoms with Crippen molar-refractivity contribution in [3.8, 4) is 5.75 Å². The molecule has 116 valence electrons. The van der Waals surface area contributed by atoms with Crippen LogP contribution in [0.2, 0.25) is 10.0 Å². The summed E-state index contributed by atoms with van der Waals surface area (Å²) in [5.74, 6) is 0.430. The Morgan fingerprint density at radius 2 is 1.95 bits per heavy atom. The van der Waals surface area contributed by atoms with Crippen LogP contribution < -0.4 is 10.1 Å². The molecule has 0 saturated heterocycles. The van der Waals surface area contributed by atoms with Crippen LogP contribution in [-0.4, -0.2) is 12.0 Å². The molecule has 0 heterocycles. The summed E-state index contributed by atoms with van der Waals surface area (Å²) in [6.07, 6.45) is 0.188. The fourth-order valence-electron chi connectivity index (χ4n) is 1.98. The van der Waals surface area contributed by atoms with Gasteiger partial charge in [0.05, 0.1) is 10.7 Å². The molecule has 0 aromatic heterocycles. The van der Waals surface area contributed by atoms with Crippen molar-refractivity contribution in [1.82, 2.24) is 0 Å². The first-order valence-corrected chi connectivity index (χ1v) is 7.77. The van der Waals surface area contributed by atoms with Gasteiger partial charge in [0.25, 0.3) is 5.91 Å². The Hall–Kier alpha value is -1.71. The Labute approximate surface area is 140 Å². The summed E-state index contributed by atoms with van der Waals surface area (Å²) in [4.78, 5) is 12.2. The molecular formula is C17H17Cl2NO2. The van der Waals surface area contributed by atoms with Crippen molar-refractivity contribution >= 4 is 34.8 Å². The van der Waals surface area contributed by atoms with Crippen LogP contribution in [0.4, 0.5) is 5.69 Å². The number of anilines is 1. The van der Waals surface area contributed by atoms with E-state index in [2.05, 4.69) is 5.32 Å². The number of para-hydroxylation sites is 1. The fraction of sp³-hybridized carbons (Fsp3) is 0.235. The molecule has 3 nitrogen and oxygen atoms in total. The molecule has 0 unspecified atom stereocenters. The van der Waals surface area contributed by atoms with Gasteiger partial charge in [-0.25, -0.2) is 0 Å². The van der Waals surface area contributed by atoms with Crippen LogP contribution in [0.1, 0.15) is 19.4 Å². The SMILES string of the molecule is CCc1ccccc1O[C@H](C)C(=O)Nc1cc(Cl)ccc1Cl. The Morgan fingerprint density at radius 1 is 1.23 bits per heavy atom. The topological polar surface area (TPSA) is 38.3 Å². The molecular weight excluding hydrogens is 321 g/mol. The number of hydrogen-bond acceptors (Lipinski definition) is 2. The van der Waals surface area contributed by atoms with E-state index in [0.29, 0.717) is 21.5 Å². The molecule has 2 aromatic rings.